The lowest BCUT2D eigenvalue weighted by Crippen LogP contribution is -1.86. The molecule has 0 aliphatic heterocycles. The third-order valence-corrected chi connectivity index (χ3v) is 2.34. The van der Waals surface area contributed by atoms with E-state index in [1.54, 1.807) is 25.3 Å². The number of hydrogen-bond donors (Lipinski definition) is 1. The van der Waals surface area contributed by atoms with E-state index in [0.29, 0.717) is 11.4 Å². The maximum atomic E-state index is 13.1. The first kappa shape index (κ1) is 10.4. The van der Waals surface area contributed by atoms with Crippen molar-refractivity contribution in [2.45, 2.75) is 13.3 Å². The summed E-state index contributed by atoms with van der Waals surface area (Å²) in [6.45, 7) is 1.71. The summed E-state index contributed by atoms with van der Waals surface area (Å²) in [5, 5.41) is 8.52. The van der Waals surface area contributed by atoms with Gasteiger partial charge in [-0.1, -0.05) is 0 Å². The molecule has 0 saturated heterocycles. The van der Waals surface area contributed by atoms with E-state index in [4.69, 9.17) is 5.26 Å². The van der Waals surface area contributed by atoms with E-state index >= 15 is 0 Å². The quantitative estimate of drug-likeness (QED) is 0.837. The topological polar surface area (TPSA) is 52.5 Å². The number of rotatable bonds is 2. The molecule has 0 bridgehead atoms. The van der Waals surface area contributed by atoms with E-state index in [9.17, 15) is 4.39 Å². The number of aryl methyl sites for hydroxylation is 1. The Kier molecular flexibility index (Phi) is 2.69. The first-order valence-electron chi connectivity index (χ1n) is 4.88. The van der Waals surface area contributed by atoms with Crippen molar-refractivity contribution in [3.8, 4) is 17.3 Å². The van der Waals surface area contributed by atoms with Gasteiger partial charge in [0.15, 0.2) is 0 Å². The second kappa shape index (κ2) is 4.15. The fourth-order valence-electron chi connectivity index (χ4n) is 1.49. The normalized spacial score (nSPS) is 10.1. The molecule has 0 atom stereocenters. The van der Waals surface area contributed by atoms with Gasteiger partial charge in [0.2, 0.25) is 0 Å². The van der Waals surface area contributed by atoms with E-state index in [0.717, 1.165) is 11.3 Å². The minimum absolute atomic E-state index is 0.222. The van der Waals surface area contributed by atoms with Crippen LogP contribution in [-0.2, 0) is 6.42 Å². The standard InChI is InChI=1S/C12H10FN3/c1-8-6-9(2-3-10(8)13)11-7-15-12(16-11)4-5-14/h2-3,6-7H,4H2,1H3,(H,15,16). The highest BCUT2D eigenvalue weighted by Gasteiger charge is 2.05. The molecule has 2 aromatic rings. The molecule has 0 saturated carbocycles. The molecule has 1 aromatic carbocycles. The zero-order valence-corrected chi connectivity index (χ0v) is 8.79. The molecule has 0 radical (unpaired) electrons. The van der Waals surface area contributed by atoms with Crippen LogP contribution >= 0.6 is 0 Å². The lowest BCUT2D eigenvalue weighted by atomic mass is 10.1. The number of hydrogen-bond acceptors (Lipinski definition) is 2. The average molecular weight is 215 g/mol. The predicted octanol–water partition coefficient (Wildman–Crippen LogP) is 2.59. The molecule has 0 unspecified atom stereocenters. The van der Waals surface area contributed by atoms with Gasteiger partial charge in [-0.3, -0.25) is 0 Å². The number of halogens is 1. The van der Waals surface area contributed by atoms with Gasteiger partial charge in [-0.2, -0.15) is 5.26 Å². The summed E-state index contributed by atoms with van der Waals surface area (Å²) >= 11 is 0. The van der Waals surface area contributed by atoms with Crippen LogP contribution in [0.3, 0.4) is 0 Å². The molecule has 2 rings (SSSR count). The molecule has 4 heteroatoms. The Morgan fingerprint density at radius 2 is 2.31 bits per heavy atom. The Bertz CT molecular complexity index is 552. The maximum Gasteiger partial charge on any atom is 0.126 e. The van der Waals surface area contributed by atoms with Gasteiger partial charge in [0.05, 0.1) is 24.4 Å². The van der Waals surface area contributed by atoms with Crippen molar-refractivity contribution in [2.75, 3.05) is 0 Å². The fraction of sp³-hybridized carbons (Fsp3) is 0.167. The van der Waals surface area contributed by atoms with Crippen molar-refractivity contribution in [3.63, 3.8) is 0 Å². The van der Waals surface area contributed by atoms with Gasteiger partial charge in [-0.15, -0.1) is 0 Å². The van der Waals surface area contributed by atoms with E-state index < -0.39 is 0 Å². The second-order valence-electron chi connectivity index (χ2n) is 3.54. The molecule has 0 spiro atoms. The van der Waals surface area contributed by atoms with E-state index in [-0.39, 0.29) is 12.2 Å². The molecule has 16 heavy (non-hydrogen) atoms. The summed E-state index contributed by atoms with van der Waals surface area (Å²) in [4.78, 5) is 7.08. The first-order chi connectivity index (χ1) is 7.70. The second-order valence-corrected chi connectivity index (χ2v) is 3.54. The number of aromatic nitrogens is 2. The summed E-state index contributed by atoms with van der Waals surface area (Å²) < 4.78 is 13.1. The van der Waals surface area contributed by atoms with E-state index in [2.05, 4.69) is 9.97 Å². The van der Waals surface area contributed by atoms with Gasteiger partial charge < -0.3 is 4.98 Å². The van der Waals surface area contributed by atoms with Crippen LogP contribution in [0.5, 0.6) is 0 Å². The minimum atomic E-state index is -0.222. The lowest BCUT2D eigenvalue weighted by Gasteiger charge is -2.00. The van der Waals surface area contributed by atoms with Crippen LogP contribution in [-0.4, -0.2) is 9.97 Å². The molecule has 80 valence electrons. The Balaban J connectivity index is 2.36. The molecule has 1 N–H and O–H groups in total. The Labute approximate surface area is 92.6 Å². The summed E-state index contributed by atoms with van der Waals surface area (Å²) in [7, 11) is 0. The highest BCUT2D eigenvalue weighted by molar-refractivity contribution is 5.59. The lowest BCUT2D eigenvalue weighted by molar-refractivity contribution is 0.619. The SMILES string of the molecule is Cc1cc(-c2cnc(CC#N)[nH]2)ccc1F. The van der Waals surface area contributed by atoms with E-state index in [1.807, 2.05) is 6.07 Å². The van der Waals surface area contributed by atoms with Crippen molar-refractivity contribution < 1.29 is 4.39 Å². The monoisotopic (exact) mass is 215 g/mol. The molecule has 0 fully saturated rings. The van der Waals surface area contributed by atoms with Gasteiger partial charge >= 0.3 is 0 Å². The van der Waals surface area contributed by atoms with E-state index in [1.165, 1.54) is 6.07 Å². The van der Waals surface area contributed by atoms with Gasteiger partial charge in [-0.05, 0) is 30.7 Å². The minimum Gasteiger partial charge on any atom is -0.341 e. The number of nitrogens with zero attached hydrogens (tertiary/aromatic N) is 2. The Hall–Kier alpha value is -2.15. The molecule has 1 heterocycles. The van der Waals surface area contributed by atoms with Gasteiger partial charge in [0, 0.05) is 5.56 Å². The van der Waals surface area contributed by atoms with Crippen molar-refractivity contribution in [2.24, 2.45) is 0 Å². The third-order valence-electron chi connectivity index (χ3n) is 2.34. The van der Waals surface area contributed by atoms with Crippen LogP contribution < -0.4 is 0 Å². The number of imidazole rings is 1. The molecule has 0 amide bonds. The summed E-state index contributed by atoms with van der Waals surface area (Å²) in [6.07, 6.45) is 1.90. The smallest absolute Gasteiger partial charge is 0.126 e. The number of aromatic amines is 1. The summed E-state index contributed by atoms with van der Waals surface area (Å²) in [6, 6.07) is 6.88. The van der Waals surface area contributed by atoms with Crippen molar-refractivity contribution >= 4 is 0 Å². The highest BCUT2D eigenvalue weighted by atomic mass is 19.1. The van der Waals surface area contributed by atoms with Crippen LogP contribution in [0, 0.1) is 24.1 Å². The number of nitrogens with one attached hydrogen (secondary N) is 1. The van der Waals surface area contributed by atoms with Crippen molar-refractivity contribution in [1.82, 2.24) is 9.97 Å². The fourth-order valence-corrected chi connectivity index (χ4v) is 1.49. The molecule has 0 aliphatic carbocycles. The number of H-pyrrole nitrogens is 1. The van der Waals surface area contributed by atoms with Gasteiger partial charge in [0.25, 0.3) is 0 Å². The maximum absolute atomic E-state index is 13.1. The highest BCUT2D eigenvalue weighted by Crippen LogP contribution is 2.20. The molecular formula is C12H10FN3. The zero-order chi connectivity index (χ0) is 11.5. The first-order valence-corrected chi connectivity index (χ1v) is 4.88. The average Bonchev–Trinajstić information content (AvgIpc) is 2.71. The Morgan fingerprint density at radius 3 is 3.00 bits per heavy atom. The number of benzene rings is 1. The van der Waals surface area contributed by atoms with Crippen molar-refractivity contribution in [1.29, 1.82) is 5.26 Å². The van der Waals surface area contributed by atoms with Gasteiger partial charge in [0.1, 0.15) is 11.6 Å². The van der Waals surface area contributed by atoms with Crippen LogP contribution in [0.1, 0.15) is 11.4 Å². The molecular weight excluding hydrogens is 205 g/mol. The molecule has 1 aromatic heterocycles. The van der Waals surface area contributed by atoms with Crippen LogP contribution in [0.4, 0.5) is 4.39 Å². The third kappa shape index (κ3) is 1.94. The molecule has 0 aliphatic rings. The summed E-state index contributed by atoms with van der Waals surface area (Å²) in [5.41, 5.74) is 2.26. The predicted molar refractivity (Wildman–Crippen MR) is 58.0 cm³/mol. The van der Waals surface area contributed by atoms with Gasteiger partial charge in [-0.25, -0.2) is 9.37 Å². The van der Waals surface area contributed by atoms with Crippen LogP contribution in [0.15, 0.2) is 24.4 Å². The zero-order valence-electron chi connectivity index (χ0n) is 8.79. The molecule has 3 nitrogen and oxygen atoms in total. The van der Waals surface area contributed by atoms with Crippen molar-refractivity contribution in [3.05, 3.63) is 41.6 Å². The van der Waals surface area contributed by atoms with Crippen LogP contribution in [0.2, 0.25) is 0 Å². The van der Waals surface area contributed by atoms with Crippen LogP contribution in [0.25, 0.3) is 11.3 Å². The Morgan fingerprint density at radius 1 is 1.50 bits per heavy atom. The largest absolute Gasteiger partial charge is 0.341 e. The summed E-state index contributed by atoms with van der Waals surface area (Å²) in [5.74, 6) is 0.403. The number of nitriles is 1.